The van der Waals surface area contributed by atoms with Gasteiger partial charge in [0, 0.05) is 42.5 Å². The van der Waals surface area contributed by atoms with Crippen LogP contribution in [0.4, 0.5) is 15.8 Å². The van der Waals surface area contributed by atoms with E-state index in [0.29, 0.717) is 30.9 Å². The van der Waals surface area contributed by atoms with Gasteiger partial charge in [-0.15, -0.1) is 0 Å². The number of nitrogens with one attached hydrogen (secondary N) is 1. The number of carboxylic acid groups (broad SMARTS) is 1. The molecule has 2 heterocycles. The number of aliphatic carboxylic acids is 1. The Morgan fingerprint density at radius 2 is 1.62 bits per heavy atom. The number of rotatable bonds is 8. The molecule has 1 aliphatic heterocycles. The van der Waals surface area contributed by atoms with E-state index in [2.05, 4.69) is 54.5 Å². The summed E-state index contributed by atoms with van der Waals surface area (Å²) in [4.78, 5) is 17.7. The third-order valence-corrected chi connectivity index (χ3v) is 8.23. The highest BCUT2D eigenvalue weighted by Gasteiger charge is 2.33. The van der Waals surface area contributed by atoms with Gasteiger partial charge in [-0.05, 0) is 77.6 Å². The molecule has 5 aromatic rings. The fraction of sp³-hybridized carbons (Fsp3) is 0.200. The highest BCUT2D eigenvalue weighted by Crippen LogP contribution is 2.39. The Morgan fingerprint density at radius 1 is 0.952 bits per heavy atom. The van der Waals surface area contributed by atoms with Gasteiger partial charge in [-0.2, -0.15) is 0 Å². The van der Waals surface area contributed by atoms with Crippen molar-refractivity contribution in [3.8, 4) is 28.0 Å². The fourth-order valence-corrected chi connectivity index (χ4v) is 5.83. The molecular formula is C35H32FN3O3. The van der Waals surface area contributed by atoms with Crippen molar-refractivity contribution in [3.63, 3.8) is 0 Å². The van der Waals surface area contributed by atoms with Crippen LogP contribution in [0, 0.1) is 25.6 Å². The van der Waals surface area contributed by atoms with Crippen molar-refractivity contribution in [2.24, 2.45) is 5.92 Å². The number of carboxylic acids is 1. The Hall–Kier alpha value is -4.75. The minimum atomic E-state index is -0.813. The van der Waals surface area contributed by atoms with Gasteiger partial charge in [0.05, 0.1) is 24.2 Å². The molecule has 0 saturated carbocycles. The average Bonchev–Trinajstić information content (AvgIpc) is 2.96. The standard InChI is InChI=1S/C35H32FN3O3/c1-21-26(24-16-30(36)29(33(17-24)42-3)20-39-18-25(19-39)35(40)41)10-5-11-27(21)28-12-6-13-31(22(28)2)38-32-14-4-8-23-9-7-15-37-34(23)32/h4-17,25,38H,18-20H2,1-3H3,(H,40,41). The highest BCUT2D eigenvalue weighted by molar-refractivity contribution is 5.93. The number of carbonyl (C=O) groups is 1. The van der Waals surface area contributed by atoms with Crippen LogP contribution < -0.4 is 10.1 Å². The molecule has 0 atom stereocenters. The molecular weight excluding hydrogens is 529 g/mol. The number of likely N-dealkylation sites (tertiary alicyclic amines) is 1. The van der Waals surface area contributed by atoms with Gasteiger partial charge in [-0.3, -0.25) is 14.7 Å². The number of ether oxygens (including phenoxy) is 1. The van der Waals surface area contributed by atoms with Gasteiger partial charge in [0.2, 0.25) is 0 Å². The van der Waals surface area contributed by atoms with E-state index in [0.717, 1.165) is 55.7 Å². The summed E-state index contributed by atoms with van der Waals surface area (Å²) in [5.41, 5.74) is 9.22. The molecule has 0 unspecified atom stereocenters. The summed E-state index contributed by atoms with van der Waals surface area (Å²) < 4.78 is 21.1. The molecule has 0 amide bonds. The summed E-state index contributed by atoms with van der Waals surface area (Å²) in [6.07, 6.45) is 1.80. The quantitative estimate of drug-likeness (QED) is 0.203. The minimum Gasteiger partial charge on any atom is -0.496 e. The normalized spacial score (nSPS) is 13.6. The second-order valence-corrected chi connectivity index (χ2v) is 10.8. The molecule has 6 nitrogen and oxygen atoms in total. The second kappa shape index (κ2) is 11.3. The Balaban J connectivity index is 1.32. The summed E-state index contributed by atoms with van der Waals surface area (Å²) in [5.74, 6) is -1.12. The zero-order valence-corrected chi connectivity index (χ0v) is 23.8. The van der Waals surface area contributed by atoms with Gasteiger partial charge in [-0.25, -0.2) is 4.39 Å². The van der Waals surface area contributed by atoms with Crippen molar-refractivity contribution in [1.82, 2.24) is 9.88 Å². The van der Waals surface area contributed by atoms with Gasteiger partial charge in [0.1, 0.15) is 11.6 Å². The van der Waals surface area contributed by atoms with Crippen LogP contribution in [0.15, 0.2) is 85.1 Å². The summed E-state index contributed by atoms with van der Waals surface area (Å²) >= 11 is 0. The zero-order valence-electron chi connectivity index (χ0n) is 23.8. The Morgan fingerprint density at radius 3 is 2.38 bits per heavy atom. The first-order chi connectivity index (χ1) is 20.3. The van der Waals surface area contributed by atoms with Crippen LogP contribution >= 0.6 is 0 Å². The first kappa shape index (κ1) is 27.4. The Kier molecular flexibility index (Phi) is 7.35. The summed E-state index contributed by atoms with van der Waals surface area (Å²) in [6.45, 7) is 5.29. The highest BCUT2D eigenvalue weighted by atomic mass is 19.1. The number of benzene rings is 4. The molecule has 1 aliphatic rings. The van der Waals surface area contributed by atoms with E-state index >= 15 is 4.39 Å². The molecule has 7 heteroatoms. The monoisotopic (exact) mass is 561 g/mol. The molecule has 0 bridgehead atoms. The predicted molar refractivity (Wildman–Crippen MR) is 165 cm³/mol. The van der Waals surface area contributed by atoms with E-state index in [1.165, 1.54) is 7.11 Å². The van der Waals surface area contributed by atoms with E-state index in [-0.39, 0.29) is 5.82 Å². The maximum Gasteiger partial charge on any atom is 0.309 e. The van der Waals surface area contributed by atoms with Crippen molar-refractivity contribution in [3.05, 3.63) is 108 Å². The number of aromatic nitrogens is 1. The number of halogens is 1. The lowest BCUT2D eigenvalue weighted by atomic mass is 9.90. The van der Waals surface area contributed by atoms with Crippen molar-refractivity contribution >= 4 is 28.2 Å². The molecule has 2 N–H and O–H groups in total. The van der Waals surface area contributed by atoms with Crippen LogP contribution in [0.5, 0.6) is 5.75 Å². The second-order valence-electron chi connectivity index (χ2n) is 10.8. The van der Waals surface area contributed by atoms with E-state index in [1.807, 2.05) is 47.4 Å². The van der Waals surface area contributed by atoms with Gasteiger partial charge in [0.15, 0.2) is 0 Å². The van der Waals surface area contributed by atoms with Gasteiger partial charge < -0.3 is 15.2 Å². The number of para-hydroxylation sites is 1. The first-order valence-corrected chi connectivity index (χ1v) is 14.0. The summed E-state index contributed by atoms with van der Waals surface area (Å²) in [7, 11) is 1.54. The van der Waals surface area contributed by atoms with Gasteiger partial charge >= 0.3 is 5.97 Å². The number of hydrogen-bond donors (Lipinski definition) is 2. The van der Waals surface area contributed by atoms with E-state index < -0.39 is 11.9 Å². The maximum atomic E-state index is 15.5. The maximum absolute atomic E-state index is 15.5. The smallest absolute Gasteiger partial charge is 0.309 e. The van der Waals surface area contributed by atoms with Crippen LogP contribution in [0.3, 0.4) is 0 Å². The van der Waals surface area contributed by atoms with Crippen LogP contribution in [0.2, 0.25) is 0 Å². The molecule has 6 rings (SSSR count). The largest absolute Gasteiger partial charge is 0.496 e. The van der Waals surface area contributed by atoms with E-state index in [9.17, 15) is 9.90 Å². The topological polar surface area (TPSA) is 74.7 Å². The van der Waals surface area contributed by atoms with Crippen molar-refractivity contribution in [2.45, 2.75) is 20.4 Å². The SMILES string of the molecule is COc1cc(-c2cccc(-c3cccc(Nc4cccc5cccnc45)c3C)c2C)cc(F)c1CN1CC(C(=O)O)C1. The van der Waals surface area contributed by atoms with E-state index in [4.69, 9.17) is 4.74 Å². The molecule has 0 spiro atoms. The van der Waals surface area contributed by atoms with Crippen LogP contribution in [-0.4, -0.2) is 41.2 Å². The lowest BCUT2D eigenvalue weighted by Crippen LogP contribution is -2.49. The van der Waals surface area contributed by atoms with Crippen molar-refractivity contribution in [2.75, 3.05) is 25.5 Å². The number of pyridine rings is 1. The molecule has 1 saturated heterocycles. The molecule has 42 heavy (non-hydrogen) atoms. The summed E-state index contributed by atoms with van der Waals surface area (Å²) in [6, 6.07) is 25.8. The first-order valence-electron chi connectivity index (χ1n) is 14.0. The van der Waals surface area contributed by atoms with Crippen molar-refractivity contribution < 1.29 is 19.0 Å². The molecule has 1 aromatic heterocycles. The Bertz CT molecular complexity index is 1810. The lowest BCUT2D eigenvalue weighted by molar-refractivity contribution is -0.147. The number of hydrogen-bond acceptors (Lipinski definition) is 5. The lowest BCUT2D eigenvalue weighted by Gasteiger charge is -2.36. The number of fused-ring (bicyclic) bond motifs is 1. The van der Waals surface area contributed by atoms with Gasteiger partial charge in [-0.1, -0.05) is 48.5 Å². The predicted octanol–water partition coefficient (Wildman–Crippen LogP) is 7.59. The molecule has 0 radical (unpaired) electrons. The molecule has 0 aliphatic carbocycles. The average molecular weight is 562 g/mol. The van der Waals surface area contributed by atoms with Gasteiger partial charge in [0.25, 0.3) is 0 Å². The molecule has 212 valence electrons. The van der Waals surface area contributed by atoms with Crippen LogP contribution in [-0.2, 0) is 11.3 Å². The third-order valence-electron chi connectivity index (χ3n) is 8.23. The molecule has 1 fully saturated rings. The molecule has 4 aromatic carbocycles. The van der Waals surface area contributed by atoms with Crippen LogP contribution in [0.1, 0.15) is 16.7 Å². The summed E-state index contributed by atoms with van der Waals surface area (Å²) in [5, 5.41) is 13.8. The van der Waals surface area contributed by atoms with E-state index in [1.54, 1.807) is 12.3 Å². The Labute approximate surface area is 244 Å². The van der Waals surface area contributed by atoms with Crippen molar-refractivity contribution in [1.29, 1.82) is 0 Å². The fourth-order valence-electron chi connectivity index (χ4n) is 5.83. The van der Waals surface area contributed by atoms with Crippen LogP contribution in [0.25, 0.3) is 33.2 Å². The number of methoxy groups -OCH3 is 1. The zero-order chi connectivity index (χ0) is 29.4. The number of anilines is 2. The third kappa shape index (κ3) is 5.08. The number of nitrogens with zero attached hydrogens (tertiary/aromatic N) is 2. The minimum absolute atomic E-state index is 0.309.